The molecule has 0 N–H and O–H groups in total. The number of aryl methyl sites for hydroxylation is 8. The second-order valence-corrected chi connectivity index (χ2v) is 13.6. The molecule has 0 fully saturated rings. The molecule has 0 heteroatoms. The standard InChI is InChI=1S/C20H18.C16H18.C14H14/c1-15-3-7-17(8-4-15)19-11-13-20(14-12-19)18-9-5-16(2)6-10-18;1-11-5-7-15(9-13(11)3)16-8-6-12(2)14(4)10-16;1-11-3-7-13(8-4-11)14-9-5-12(2)6-10-14/h3-14H,1-2H3;5-10H,1-4H3;3-10H,1-2H3. The van der Waals surface area contributed by atoms with E-state index in [0.717, 1.165) is 0 Å². The summed E-state index contributed by atoms with van der Waals surface area (Å²) in [5.74, 6) is 0. The third kappa shape index (κ3) is 9.80. The van der Waals surface area contributed by atoms with E-state index in [9.17, 15) is 0 Å². The first kappa shape index (κ1) is 35.8. The van der Waals surface area contributed by atoms with E-state index >= 15 is 0 Å². The Morgan fingerprint density at radius 3 is 0.560 bits per heavy atom. The lowest BCUT2D eigenvalue weighted by molar-refractivity contribution is 1.32. The maximum atomic E-state index is 2.26. The molecule has 0 aliphatic heterocycles. The summed E-state index contributed by atoms with van der Waals surface area (Å²) in [6, 6.07) is 56.7. The quantitative estimate of drug-likeness (QED) is 0.178. The number of hydrogen-bond acceptors (Lipinski definition) is 0. The van der Waals surface area contributed by atoms with Gasteiger partial charge in [-0.1, -0.05) is 180 Å². The van der Waals surface area contributed by atoms with Crippen LogP contribution in [0.2, 0.25) is 0 Å². The first-order chi connectivity index (χ1) is 24.0. The van der Waals surface area contributed by atoms with E-state index in [4.69, 9.17) is 0 Å². The fraction of sp³-hybridized carbons (Fsp3) is 0.160. The SMILES string of the molecule is Cc1ccc(-c2ccc(-c3ccc(C)cc3)cc2)cc1.Cc1ccc(-c2ccc(C)c(C)c2)cc1C.Cc1ccc(-c2ccc(C)cc2)cc1. The smallest absolute Gasteiger partial charge is 0.0181 e. The van der Waals surface area contributed by atoms with Crippen molar-refractivity contribution in [1.82, 2.24) is 0 Å². The molecule has 0 radical (unpaired) electrons. The Balaban J connectivity index is 0.000000148. The molecule has 0 aliphatic rings. The van der Waals surface area contributed by atoms with Crippen LogP contribution in [0.15, 0.2) is 158 Å². The van der Waals surface area contributed by atoms with Gasteiger partial charge >= 0.3 is 0 Å². The third-order valence-corrected chi connectivity index (χ3v) is 9.44. The molecule has 0 saturated heterocycles. The first-order valence-electron chi connectivity index (χ1n) is 17.6. The summed E-state index contributed by atoms with van der Waals surface area (Å²) in [4.78, 5) is 0. The summed E-state index contributed by atoms with van der Waals surface area (Å²) >= 11 is 0. The molecule has 50 heavy (non-hydrogen) atoms. The molecule has 250 valence electrons. The average molecular weight is 651 g/mol. The Bertz CT molecular complexity index is 1950. The van der Waals surface area contributed by atoms with Gasteiger partial charge in [-0.3, -0.25) is 0 Å². The lowest BCUT2D eigenvalue weighted by Gasteiger charge is -2.08. The minimum absolute atomic E-state index is 1.26. The van der Waals surface area contributed by atoms with Crippen LogP contribution in [0.1, 0.15) is 44.5 Å². The zero-order chi connectivity index (χ0) is 35.6. The molecule has 0 nitrogen and oxygen atoms in total. The van der Waals surface area contributed by atoms with Crippen LogP contribution in [-0.2, 0) is 0 Å². The van der Waals surface area contributed by atoms with Crippen molar-refractivity contribution in [2.75, 3.05) is 0 Å². The van der Waals surface area contributed by atoms with Crippen LogP contribution < -0.4 is 0 Å². The van der Waals surface area contributed by atoms with Gasteiger partial charge in [0.15, 0.2) is 0 Å². The molecule has 0 amide bonds. The van der Waals surface area contributed by atoms with E-state index in [1.54, 1.807) is 0 Å². The van der Waals surface area contributed by atoms with Crippen molar-refractivity contribution < 1.29 is 0 Å². The molecule has 0 bridgehead atoms. The predicted molar refractivity (Wildman–Crippen MR) is 219 cm³/mol. The van der Waals surface area contributed by atoms with Crippen LogP contribution in [0, 0.1) is 55.4 Å². The van der Waals surface area contributed by atoms with E-state index in [0.29, 0.717) is 0 Å². The van der Waals surface area contributed by atoms with Gasteiger partial charge in [-0.15, -0.1) is 0 Å². The number of hydrogen-bond donors (Lipinski definition) is 0. The maximum Gasteiger partial charge on any atom is -0.0181 e. The summed E-state index contributed by atoms with van der Waals surface area (Å²) in [7, 11) is 0. The van der Waals surface area contributed by atoms with Crippen LogP contribution in [0.25, 0.3) is 44.5 Å². The molecule has 0 unspecified atom stereocenters. The van der Waals surface area contributed by atoms with Gasteiger partial charge in [0.1, 0.15) is 0 Å². The van der Waals surface area contributed by atoms with Gasteiger partial charge in [0, 0.05) is 0 Å². The second kappa shape index (κ2) is 16.8. The van der Waals surface area contributed by atoms with Crippen LogP contribution in [0.5, 0.6) is 0 Å². The van der Waals surface area contributed by atoms with Crippen molar-refractivity contribution in [3.05, 3.63) is 202 Å². The Hall–Kier alpha value is -5.46. The van der Waals surface area contributed by atoms with Crippen LogP contribution in [0.3, 0.4) is 0 Å². The maximum absolute atomic E-state index is 2.26. The second-order valence-electron chi connectivity index (χ2n) is 13.6. The van der Waals surface area contributed by atoms with Gasteiger partial charge < -0.3 is 0 Å². The summed E-state index contributed by atoms with van der Waals surface area (Å²) < 4.78 is 0. The van der Waals surface area contributed by atoms with Crippen LogP contribution in [-0.4, -0.2) is 0 Å². The average Bonchev–Trinajstić information content (AvgIpc) is 3.13. The highest BCUT2D eigenvalue weighted by Crippen LogP contribution is 2.26. The molecule has 0 spiro atoms. The lowest BCUT2D eigenvalue weighted by Crippen LogP contribution is -1.86. The van der Waals surface area contributed by atoms with Crippen LogP contribution in [0.4, 0.5) is 0 Å². The molecular formula is C50H50. The zero-order valence-electron chi connectivity index (χ0n) is 31.0. The summed E-state index contributed by atoms with van der Waals surface area (Å²) in [5.41, 5.74) is 20.9. The largest absolute Gasteiger partial charge is 0.0587 e. The van der Waals surface area contributed by atoms with Gasteiger partial charge in [0.05, 0.1) is 0 Å². The zero-order valence-corrected chi connectivity index (χ0v) is 31.0. The minimum Gasteiger partial charge on any atom is -0.0587 e. The van der Waals surface area contributed by atoms with E-state index in [1.165, 1.54) is 89.0 Å². The molecule has 0 aromatic heterocycles. The van der Waals surface area contributed by atoms with Crippen molar-refractivity contribution in [2.24, 2.45) is 0 Å². The molecule has 7 aromatic rings. The normalized spacial score (nSPS) is 10.4. The molecule has 0 saturated carbocycles. The first-order valence-corrected chi connectivity index (χ1v) is 17.6. The fourth-order valence-electron chi connectivity index (χ4n) is 5.68. The number of benzene rings is 7. The molecular weight excluding hydrogens is 601 g/mol. The molecule has 0 aliphatic carbocycles. The van der Waals surface area contributed by atoms with E-state index < -0.39 is 0 Å². The third-order valence-electron chi connectivity index (χ3n) is 9.44. The van der Waals surface area contributed by atoms with Gasteiger partial charge in [-0.2, -0.15) is 0 Å². The molecule has 7 aromatic carbocycles. The summed E-state index contributed by atoms with van der Waals surface area (Å²) in [5, 5.41) is 0. The Labute approximate surface area is 301 Å². The minimum atomic E-state index is 1.26. The van der Waals surface area contributed by atoms with Gasteiger partial charge in [-0.05, 0) is 122 Å². The van der Waals surface area contributed by atoms with Crippen molar-refractivity contribution in [1.29, 1.82) is 0 Å². The summed E-state index contributed by atoms with van der Waals surface area (Å²) in [6.45, 7) is 17.1. The Kier molecular flexibility index (Phi) is 12.0. The number of rotatable bonds is 4. The molecule has 0 heterocycles. The Morgan fingerprint density at radius 1 is 0.180 bits per heavy atom. The Morgan fingerprint density at radius 2 is 0.360 bits per heavy atom. The highest BCUT2D eigenvalue weighted by atomic mass is 14.1. The summed E-state index contributed by atoms with van der Waals surface area (Å²) in [6.07, 6.45) is 0. The van der Waals surface area contributed by atoms with Crippen molar-refractivity contribution in [3.63, 3.8) is 0 Å². The molecule has 0 atom stereocenters. The lowest BCUT2D eigenvalue weighted by atomic mass is 9.98. The van der Waals surface area contributed by atoms with E-state index in [2.05, 4.69) is 213 Å². The highest BCUT2D eigenvalue weighted by molar-refractivity contribution is 5.71. The monoisotopic (exact) mass is 650 g/mol. The topological polar surface area (TPSA) is 0 Å². The van der Waals surface area contributed by atoms with E-state index in [-0.39, 0.29) is 0 Å². The van der Waals surface area contributed by atoms with Crippen LogP contribution >= 0.6 is 0 Å². The molecule has 7 rings (SSSR count). The predicted octanol–water partition coefficient (Wildman–Crippen LogP) is 14.2. The highest BCUT2D eigenvalue weighted by Gasteiger charge is 2.02. The van der Waals surface area contributed by atoms with E-state index in [1.807, 2.05) is 0 Å². The fourth-order valence-corrected chi connectivity index (χ4v) is 5.68. The van der Waals surface area contributed by atoms with Gasteiger partial charge in [-0.25, -0.2) is 0 Å². The van der Waals surface area contributed by atoms with Crippen molar-refractivity contribution in [2.45, 2.75) is 55.4 Å². The van der Waals surface area contributed by atoms with Crippen molar-refractivity contribution >= 4 is 0 Å². The van der Waals surface area contributed by atoms with Gasteiger partial charge in [0.25, 0.3) is 0 Å². The van der Waals surface area contributed by atoms with Crippen molar-refractivity contribution in [3.8, 4) is 44.5 Å². The van der Waals surface area contributed by atoms with Gasteiger partial charge in [0.2, 0.25) is 0 Å².